The molecule has 4 unspecified atom stereocenters. The van der Waals surface area contributed by atoms with Gasteiger partial charge in [0.2, 0.25) is 0 Å². The fourth-order valence-electron chi connectivity index (χ4n) is 4.01. The number of nitrogens with zero attached hydrogens (tertiary/aromatic N) is 1. The van der Waals surface area contributed by atoms with Gasteiger partial charge >= 0.3 is 12.0 Å². The van der Waals surface area contributed by atoms with Crippen molar-refractivity contribution in [1.29, 1.82) is 0 Å². The van der Waals surface area contributed by atoms with Crippen LogP contribution in [0.25, 0.3) is 0 Å². The minimum atomic E-state index is -0.770. The maximum absolute atomic E-state index is 12.3. The summed E-state index contributed by atoms with van der Waals surface area (Å²) in [6, 6.07) is 0.181. The van der Waals surface area contributed by atoms with E-state index in [1.165, 1.54) is 6.42 Å². The molecule has 0 spiro atoms. The largest absolute Gasteiger partial charge is 0.481 e. The van der Waals surface area contributed by atoms with E-state index in [1.54, 1.807) is 0 Å². The van der Waals surface area contributed by atoms with Crippen LogP contribution in [0.2, 0.25) is 0 Å². The normalized spacial score (nSPS) is 37.4. The van der Waals surface area contributed by atoms with Crippen LogP contribution in [-0.2, 0) is 4.79 Å². The molecule has 1 heterocycles. The van der Waals surface area contributed by atoms with Crippen molar-refractivity contribution in [2.75, 3.05) is 6.54 Å². The summed E-state index contributed by atoms with van der Waals surface area (Å²) in [5.74, 6) is -0.497. The Kier molecular flexibility index (Phi) is 3.37. The Balaban J connectivity index is 1.60. The van der Waals surface area contributed by atoms with Crippen LogP contribution in [0.15, 0.2) is 0 Å². The van der Waals surface area contributed by atoms with Crippen molar-refractivity contribution < 1.29 is 14.7 Å². The van der Waals surface area contributed by atoms with Gasteiger partial charge in [0.25, 0.3) is 0 Å². The molecule has 0 aromatic carbocycles. The number of fused-ring (bicyclic) bond motifs is 2. The zero-order chi connectivity index (χ0) is 13.4. The van der Waals surface area contributed by atoms with Crippen molar-refractivity contribution in [2.45, 2.75) is 57.0 Å². The summed E-state index contributed by atoms with van der Waals surface area (Å²) >= 11 is 0. The first kappa shape index (κ1) is 12.8. The number of rotatable bonds is 2. The van der Waals surface area contributed by atoms with Crippen LogP contribution in [0, 0.1) is 11.8 Å². The molecule has 19 heavy (non-hydrogen) atoms. The molecule has 3 aliphatic rings. The third-order valence-electron chi connectivity index (χ3n) is 5.06. The molecule has 106 valence electrons. The van der Waals surface area contributed by atoms with E-state index >= 15 is 0 Å². The molecule has 2 amide bonds. The standard InChI is InChI=1S/C14H22N2O3/c17-13(18)11-3-1-2-4-12(11)15-14(19)16-8-9-5-6-10(16)7-9/h9-12H,1-8H2,(H,15,19)(H,17,18). The van der Waals surface area contributed by atoms with E-state index in [9.17, 15) is 14.7 Å². The first-order valence-electron chi connectivity index (χ1n) is 7.45. The van der Waals surface area contributed by atoms with E-state index in [0.29, 0.717) is 18.4 Å². The second-order valence-electron chi connectivity index (χ2n) is 6.27. The molecule has 5 nitrogen and oxygen atoms in total. The van der Waals surface area contributed by atoms with E-state index < -0.39 is 11.9 Å². The molecule has 2 bridgehead atoms. The highest BCUT2D eigenvalue weighted by molar-refractivity contribution is 5.77. The third kappa shape index (κ3) is 2.42. The Bertz CT molecular complexity index is 385. The molecule has 0 aromatic heterocycles. The van der Waals surface area contributed by atoms with Gasteiger partial charge in [-0.3, -0.25) is 4.79 Å². The number of carbonyl (C=O) groups excluding carboxylic acids is 1. The number of carboxylic acid groups (broad SMARTS) is 1. The Morgan fingerprint density at radius 1 is 1.11 bits per heavy atom. The van der Waals surface area contributed by atoms with Gasteiger partial charge in [0.1, 0.15) is 0 Å². The summed E-state index contributed by atoms with van der Waals surface area (Å²) in [4.78, 5) is 25.5. The second kappa shape index (κ2) is 5.02. The Labute approximate surface area is 113 Å². The van der Waals surface area contributed by atoms with Crippen molar-refractivity contribution >= 4 is 12.0 Å². The van der Waals surface area contributed by atoms with Crippen LogP contribution >= 0.6 is 0 Å². The van der Waals surface area contributed by atoms with Gasteiger partial charge in [0.05, 0.1) is 5.92 Å². The van der Waals surface area contributed by atoms with Gasteiger partial charge in [-0.2, -0.15) is 0 Å². The lowest BCUT2D eigenvalue weighted by Gasteiger charge is -2.33. The van der Waals surface area contributed by atoms with Crippen molar-refractivity contribution in [3.8, 4) is 0 Å². The highest BCUT2D eigenvalue weighted by Gasteiger charge is 2.41. The molecule has 3 fully saturated rings. The van der Waals surface area contributed by atoms with E-state index in [1.807, 2.05) is 4.90 Å². The Morgan fingerprint density at radius 2 is 1.89 bits per heavy atom. The van der Waals surface area contributed by atoms with E-state index in [-0.39, 0.29) is 12.1 Å². The number of amides is 2. The quantitative estimate of drug-likeness (QED) is 0.801. The van der Waals surface area contributed by atoms with Gasteiger partial charge in [0.15, 0.2) is 0 Å². The number of nitrogens with one attached hydrogen (secondary N) is 1. The molecule has 2 saturated carbocycles. The topological polar surface area (TPSA) is 69.6 Å². The zero-order valence-corrected chi connectivity index (χ0v) is 11.2. The average molecular weight is 266 g/mol. The molecular weight excluding hydrogens is 244 g/mol. The molecule has 0 aromatic rings. The van der Waals surface area contributed by atoms with E-state index in [2.05, 4.69) is 5.32 Å². The Hall–Kier alpha value is -1.26. The summed E-state index contributed by atoms with van der Waals surface area (Å²) < 4.78 is 0. The van der Waals surface area contributed by atoms with Crippen LogP contribution < -0.4 is 5.32 Å². The average Bonchev–Trinajstić information content (AvgIpc) is 3.01. The molecule has 1 aliphatic heterocycles. The molecule has 4 atom stereocenters. The number of hydrogen-bond acceptors (Lipinski definition) is 2. The van der Waals surface area contributed by atoms with Gasteiger partial charge in [-0.25, -0.2) is 4.79 Å². The first-order valence-corrected chi connectivity index (χ1v) is 7.45. The highest BCUT2D eigenvalue weighted by atomic mass is 16.4. The van der Waals surface area contributed by atoms with Gasteiger partial charge < -0.3 is 15.3 Å². The minimum absolute atomic E-state index is 0.0367. The minimum Gasteiger partial charge on any atom is -0.481 e. The van der Waals surface area contributed by atoms with Gasteiger partial charge in [-0.15, -0.1) is 0 Å². The van der Waals surface area contributed by atoms with Gasteiger partial charge in [0, 0.05) is 18.6 Å². The van der Waals surface area contributed by atoms with Crippen LogP contribution in [0.1, 0.15) is 44.9 Å². The molecular formula is C14H22N2O3. The van der Waals surface area contributed by atoms with E-state index in [4.69, 9.17) is 0 Å². The second-order valence-corrected chi connectivity index (χ2v) is 6.27. The molecule has 2 aliphatic carbocycles. The third-order valence-corrected chi connectivity index (χ3v) is 5.06. The summed E-state index contributed by atoms with van der Waals surface area (Å²) in [5.41, 5.74) is 0. The number of carboxylic acids is 1. The fourth-order valence-corrected chi connectivity index (χ4v) is 4.01. The summed E-state index contributed by atoms with van der Waals surface area (Å²) in [5, 5.41) is 12.2. The summed E-state index contributed by atoms with van der Waals surface area (Å²) in [7, 11) is 0. The van der Waals surface area contributed by atoms with Gasteiger partial charge in [-0.1, -0.05) is 12.8 Å². The lowest BCUT2D eigenvalue weighted by molar-refractivity contribution is -0.143. The number of likely N-dealkylation sites (tertiary alicyclic amines) is 1. The lowest BCUT2D eigenvalue weighted by Crippen LogP contribution is -2.52. The molecule has 3 rings (SSSR count). The monoisotopic (exact) mass is 266 g/mol. The van der Waals surface area contributed by atoms with Crippen LogP contribution in [0.3, 0.4) is 0 Å². The van der Waals surface area contributed by atoms with Crippen LogP contribution in [0.4, 0.5) is 4.79 Å². The maximum Gasteiger partial charge on any atom is 0.317 e. The summed E-state index contributed by atoms with van der Waals surface area (Å²) in [6.45, 7) is 0.862. The fraction of sp³-hybridized carbons (Fsp3) is 0.857. The SMILES string of the molecule is O=C(O)C1CCCCC1NC(=O)N1CC2CCC1C2. The maximum atomic E-state index is 12.3. The predicted molar refractivity (Wildman–Crippen MR) is 69.7 cm³/mol. The van der Waals surface area contributed by atoms with Crippen LogP contribution in [-0.4, -0.2) is 40.6 Å². The smallest absolute Gasteiger partial charge is 0.317 e. The number of carbonyl (C=O) groups is 2. The van der Waals surface area contributed by atoms with Crippen molar-refractivity contribution in [3.05, 3.63) is 0 Å². The summed E-state index contributed by atoms with van der Waals surface area (Å²) in [6.07, 6.45) is 6.96. The predicted octanol–water partition coefficient (Wildman–Crippen LogP) is 1.82. The highest BCUT2D eigenvalue weighted by Crippen LogP contribution is 2.37. The number of aliphatic carboxylic acids is 1. The first-order chi connectivity index (χ1) is 9.15. The molecule has 5 heteroatoms. The molecule has 2 N–H and O–H groups in total. The van der Waals surface area contributed by atoms with Gasteiger partial charge in [-0.05, 0) is 38.0 Å². The molecule has 0 radical (unpaired) electrons. The van der Waals surface area contributed by atoms with Crippen molar-refractivity contribution in [3.63, 3.8) is 0 Å². The number of urea groups is 1. The zero-order valence-electron chi connectivity index (χ0n) is 11.2. The number of piperidine rings is 1. The van der Waals surface area contributed by atoms with Crippen LogP contribution in [0.5, 0.6) is 0 Å². The van der Waals surface area contributed by atoms with Crippen molar-refractivity contribution in [1.82, 2.24) is 10.2 Å². The number of hydrogen-bond donors (Lipinski definition) is 2. The van der Waals surface area contributed by atoms with Crippen molar-refractivity contribution in [2.24, 2.45) is 11.8 Å². The molecule has 1 saturated heterocycles. The Morgan fingerprint density at radius 3 is 2.53 bits per heavy atom. The van der Waals surface area contributed by atoms with E-state index in [0.717, 1.165) is 38.6 Å². The lowest BCUT2D eigenvalue weighted by atomic mass is 9.84.